The summed E-state index contributed by atoms with van der Waals surface area (Å²) in [5, 5.41) is 6.00. The summed E-state index contributed by atoms with van der Waals surface area (Å²) in [7, 11) is 0. The standard InChI is InChI=1S/C21H34N4O2/c1-16(2)8-9-22-20(26)14-24-10-12-25(13-11-24)15-21(27)23-19-7-5-6-17(3)18(19)4/h5-7,16H,8-15H2,1-4H3,(H,22,26)(H,23,27). The van der Waals surface area contributed by atoms with Crippen molar-refractivity contribution in [2.75, 3.05) is 51.1 Å². The number of hydrogen-bond acceptors (Lipinski definition) is 4. The number of anilines is 1. The number of piperazine rings is 1. The third kappa shape index (κ3) is 7.31. The van der Waals surface area contributed by atoms with Crippen LogP contribution in [0, 0.1) is 19.8 Å². The number of rotatable bonds is 8. The van der Waals surface area contributed by atoms with Gasteiger partial charge in [-0.1, -0.05) is 26.0 Å². The number of benzene rings is 1. The Bertz CT molecular complexity index is 637. The molecule has 0 unspecified atom stereocenters. The van der Waals surface area contributed by atoms with Crippen LogP contribution in [0.4, 0.5) is 5.69 Å². The van der Waals surface area contributed by atoms with E-state index in [1.165, 1.54) is 5.56 Å². The lowest BCUT2D eigenvalue weighted by molar-refractivity contribution is -0.123. The van der Waals surface area contributed by atoms with Crippen molar-refractivity contribution in [2.24, 2.45) is 5.92 Å². The molecule has 1 aromatic rings. The lowest BCUT2D eigenvalue weighted by Crippen LogP contribution is -2.51. The predicted octanol–water partition coefficient (Wildman–Crippen LogP) is 2.02. The molecule has 0 bridgehead atoms. The molecule has 2 rings (SSSR count). The number of hydrogen-bond donors (Lipinski definition) is 2. The predicted molar refractivity (Wildman–Crippen MR) is 110 cm³/mol. The van der Waals surface area contributed by atoms with Crippen molar-refractivity contribution in [3.8, 4) is 0 Å². The highest BCUT2D eigenvalue weighted by Gasteiger charge is 2.20. The molecule has 1 saturated heterocycles. The van der Waals surface area contributed by atoms with Crippen LogP contribution in [0.25, 0.3) is 0 Å². The highest BCUT2D eigenvalue weighted by atomic mass is 16.2. The first-order valence-electron chi connectivity index (χ1n) is 9.92. The van der Waals surface area contributed by atoms with Crippen LogP contribution < -0.4 is 10.6 Å². The van der Waals surface area contributed by atoms with Gasteiger partial charge in [0.15, 0.2) is 0 Å². The van der Waals surface area contributed by atoms with Gasteiger partial charge in [0.25, 0.3) is 0 Å². The highest BCUT2D eigenvalue weighted by Crippen LogP contribution is 2.17. The van der Waals surface area contributed by atoms with Gasteiger partial charge >= 0.3 is 0 Å². The van der Waals surface area contributed by atoms with Gasteiger partial charge in [-0.3, -0.25) is 19.4 Å². The minimum Gasteiger partial charge on any atom is -0.355 e. The van der Waals surface area contributed by atoms with E-state index in [1.54, 1.807) is 0 Å². The van der Waals surface area contributed by atoms with Gasteiger partial charge in [0.1, 0.15) is 0 Å². The highest BCUT2D eigenvalue weighted by molar-refractivity contribution is 5.93. The van der Waals surface area contributed by atoms with Gasteiger partial charge in [0.2, 0.25) is 11.8 Å². The largest absolute Gasteiger partial charge is 0.355 e. The molecule has 1 fully saturated rings. The minimum absolute atomic E-state index is 0.0172. The normalized spacial score (nSPS) is 15.7. The molecule has 0 aromatic heterocycles. The first-order valence-corrected chi connectivity index (χ1v) is 9.92. The molecule has 0 aliphatic carbocycles. The summed E-state index contributed by atoms with van der Waals surface area (Å²) in [5.74, 6) is 0.712. The number of carbonyl (C=O) groups excluding carboxylic acids is 2. The number of amides is 2. The average Bonchev–Trinajstić information content (AvgIpc) is 2.60. The van der Waals surface area contributed by atoms with Crippen molar-refractivity contribution in [3.63, 3.8) is 0 Å². The van der Waals surface area contributed by atoms with Gasteiger partial charge in [-0.25, -0.2) is 0 Å². The van der Waals surface area contributed by atoms with E-state index in [0.29, 0.717) is 19.0 Å². The average molecular weight is 375 g/mol. The van der Waals surface area contributed by atoms with E-state index in [-0.39, 0.29) is 11.8 Å². The summed E-state index contributed by atoms with van der Waals surface area (Å²) in [6, 6.07) is 5.95. The number of nitrogens with zero attached hydrogens (tertiary/aromatic N) is 2. The second-order valence-electron chi connectivity index (χ2n) is 7.88. The summed E-state index contributed by atoms with van der Waals surface area (Å²) in [4.78, 5) is 28.6. The van der Waals surface area contributed by atoms with Crippen molar-refractivity contribution in [3.05, 3.63) is 29.3 Å². The molecule has 0 spiro atoms. The van der Waals surface area contributed by atoms with E-state index in [4.69, 9.17) is 0 Å². The van der Waals surface area contributed by atoms with Crippen LogP contribution in [0.2, 0.25) is 0 Å². The van der Waals surface area contributed by atoms with Crippen LogP contribution in [0.15, 0.2) is 18.2 Å². The molecule has 0 radical (unpaired) electrons. The Hall–Kier alpha value is -1.92. The number of aryl methyl sites for hydroxylation is 1. The molecule has 1 heterocycles. The summed E-state index contributed by atoms with van der Waals surface area (Å²) in [5.41, 5.74) is 3.17. The Labute approximate surface area is 163 Å². The number of nitrogens with one attached hydrogen (secondary N) is 2. The third-order valence-electron chi connectivity index (χ3n) is 5.12. The molecule has 2 amide bonds. The van der Waals surface area contributed by atoms with Crippen molar-refractivity contribution >= 4 is 17.5 Å². The molecule has 6 nitrogen and oxygen atoms in total. The zero-order valence-corrected chi connectivity index (χ0v) is 17.2. The zero-order valence-electron chi connectivity index (χ0n) is 17.2. The Balaban J connectivity index is 1.69. The molecular formula is C21H34N4O2. The Morgan fingerprint density at radius 2 is 1.59 bits per heavy atom. The fourth-order valence-corrected chi connectivity index (χ4v) is 3.14. The second kappa shape index (κ2) is 10.4. The van der Waals surface area contributed by atoms with Crippen molar-refractivity contribution < 1.29 is 9.59 Å². The fourth-order valence-electron chi connectivity index (χ4n) is 3.14. The molecule has 150 valence electrons. The Morgan fingerprint density at radius 3 is 2.19 bits per heavy atom. The summed E-state index contributed by atoms with van der Waals surface area (Å²) in [6.45, 7) is 13.2. The van der Waals surface area contributed by atoms with Gasteiger partial charge in [0, 0.05) is 38.4 Å². The molecule has 1 aliphatic rings. The van der Waals surface area contributed by atoms with Crippen molar-refractivity contribution in [2.45, 2.75) is 34.1 Å². The Kier molecular flexibility index (Phi) is 8.25. The molecule has 0 atom stereocenters. The minimum atomic E-state index is 0.0172. The quantitative estimate of drug-likeness (QED) is 0.731. The van der Waals surface area contributed by atoms with E-state index in [2.05, 4.69) is 34.3 Å². The molecule has 1 aliphatic heterocycles. The monoisotopic (exact) mass is 374 g/mol. The van der Waals surface area contributed by atoms with Gasteiger partial charge < -0.3 is 10.6 Å². The van der Waals surface area contributed by atoms with Gasteiger partial charge in [-0.05, 0) is 43.4 Å². The lowest BCUT2D eigenvalue weighted by Gasteiger charge is -2.33. The van der Waals surface area contributed by atoms with Gasteiger partial charge in [-0.15, -0.1) is 0 Å². The van der Waals surface area contributed by atoms with Gasteiger partial charge in [-0.2, -0.15) is 0 Å². The second-order valence-corrected chi connectivity index (χ2v) is 7.88. The SMILES string of the molecule is Cc1cccc(NC(=O)CN2CCN(CC(=O)NCCC(C)C)CC2)c1C. The van der Waals surface area contributed by atoms with E-state index in [1.807, 2.05) is 32.0 Å². The molecule has 6 heteroatoms. The van der Waals surface area contributed by atoms with E-state index in [0.717, 1.165) is 50.4 Å². The van der Waals surface area contributed by atoms with Crippen LogP contribution in [-0.4, -0.2) is 67.4 Å². The molecule has 1 aromatic carbocycles. The van der Waals surface area contributed by atoms with Crippen molar-refractivity contribution in [1.82, 2.24) is 15.1 Å². The topological polar surface area (TPSA) is 64.7 Å². The molecule has 0 saturated carbocycles. The lowest BCUT2D eigenvalue weighted by atomic mass is 10.1. The molecular weight excluding hydrogens is 340 g/mol. The molecule has 27 heavy (non-hydrogen) atoms. The van der Waals surface area contributed by atoms with E-state index in [9.17, 15) is 9.59 Å². The van der Waals surface area contributed by atoms with Crippen LogP contribution in [0.3, 0.4) is 0 Å². The number of carbonyl (C=O) groups is 2. The fraction of sp³-hybridized carbons (Fsp3) is 0.619. The maximum Gasteiger partial charge on any atom is 0.238 e. The van der Waals surface area contributed by atoms with Crippen LogP contribution in [0.1, 0.15) is 31.4 Å². The first-order chi connectivity index (χ1) is 12.8. The van der Waals surface area contributed by atoms with Crippen molar-refractivity contribution in [1.29, 1.82) is 0 Å². The maximum absolute atomic E-state index is 12.3. The van der Waals surface area contributed by atoms with E-state index >= 15 is 0 Å². The maximum atomic E-state index is 12.3. The summed E-state index contributed by atoms with van der Waals surface area (Å²) in [6.07, 6.45) is 1.01. The van der Waals surface area contributed by atoms with E-state index < -0.39 is 0 Å². The zero-order chi connectivity index (χ0) is 19.8. The molecule has 2 N–H and O–H groups in total. The summed E-state index contributed by atoms with van der Waals surface area (Å²) < 4.78 is 0. The first kappa shape index (κ1) is 21.4. The smallest absolute Gasteiger partial charge is 0.238 e. The van der Waals surface area contributed by atoms with Crippen LogP contribution in [0.5, 0.6) is 0 Å². The van der Waals surface area contributed by atoms with Crippen LogP contribution >= 0.6 is 0 Å². The Morgan fingerprint density at radius 1 is 1.00 bits per heavy atom. The van der Waals surface area contributed by atoms with Crippen LogP contribution in [-0.2, 0) is 9.59 Å². The third-order valence-corrected chi connectivity index (χ3v) is 5.12. The summed E-state index contributed by atoms with van der Waals surface area (Å²) >= 11 is 0. The van der Waals surface area contributed by atoms with Gasteiger partial charge in [0.05, 0.1) is 13.1 Å².